The van der Waals surface area contributed by atoms with Crippen molar-refractivity contribution in [1.82, 2.24) is 0 Å². The van der Waals surface area contributed by atoms with Crippen LogP contribution < -0.4 is 0 Å². The van der Waals surface area contributed by atoms with E-state index in [4.69, 9.17) is 18.9 Å². The average Bonchev–Trinajstić information content (AvgIpc) is 2.80. The van der Waals surface area contributed by atoms with Gasteiger partial charge in [-0.2, -0.15) is 0 Å². The van der Waals surface area contributed by atoms with E-state index in [-0.39, 0.29) is 42.0 Å². The van der Waals surface area contributed by atoms with E-state index in [0.29, 0.717) is 32.3 Å². The molecule has 0 aromatic rings. The van der Waals surface area contributed by atoms with E-state index < -0.39 is 5.60 Å². The summed E-state index contributed by atoms with van der Waals surface area (Å²) in [7, 11) is 0. The molecule has 2 aliphatic carbocycles. The van der Waals surface area contributed by atoms with Crippen molar-refractivity contribution >= 4 is 17.9 Å². The van der Waals surface area contributed by atoms with Crippen LogP contribution in [0.2, 0.25) is 0 Å². The normalized spacial score (nSPS) is 25.3. The number of unbranched alkanes of at least 4 members (excludes halogenated alkanes) is 3. The Morgan fingerprint density at radius 1 is 0.765 bits per heavy atom. The Hall–Kier alpha value is -1.89. The summed E-state index contributed by atoms with van der Waals surface area (Å²) in [5.41, 5.74) is -0.473. The molecular formula is C27H44O7. The molecule has 2 aliphatic rings. The minimum Gasteiger partial charge on any atom is -0.463 e. The fourth-order valence-corrected chi connectivity index (χ4v) is 4.57. The Kier molecular flexibility index (Phi) is 12.1. The molecule has 194 valence electrons. The third-order valence-electron chi connectivity index (χ3n) is 6.51. The molecule has 0 saturated heterocycles. The molecule has 2 fully saturated rings. The van der Waals surface area contributed by atoms with Gasteiger partial charge in [0.2, 0.25) is 0 Å². The molecule has 0 atom stereocenters. The lowest BCUT2D eigenvalue weighted by molar-refractivity contribution is -0.165. The Labute approximate surface area is 204 Å². The quantitative estimate of drug-likeness (QED) is 0.162. The van der Waals surface area contributed by atoms with E-state index in [9.17, 15) is 14.4 Å². The highest BCUT2D eigenvalue weighted by atomic mass is 16.6. The molecule has 0 amide bonds. The maximum Gasteiger partial charge on any atom is 0.330 e. The minimum absolute atomic E-state index is 0.0193. The molecule has 0 N–H and O–H groups in total. The lowest BCUT2D eigenvalue weighted by Crippen LogP contribution is -2.34. The van der Waals surface area contributed by atoms with Crippen LogP contribution in [-0.4, -0.2) is 48.9 Å². The Morgan fingerprint density at radius 3 is 1.85 bits per heavy atom. The number of rotatable bonds is 12. The molecule has 0 unspecified atom stereocenters. The number of hydrogen-bond donors (Lipinski definition) is 0. The topological polar surface area (TPSA) is 88.1 Å². The SMILES string of the molecule is C=CC(=O)OCCCCCCOC1CCC(OC(=O)C2CCC(C(=O)OC(C)(C)C)CC2)CC1. The molecule has 2 rings (SSSR count). The second kappa shape index (κ2) is 14.5. The fraction of sp³-hybridized carbons (Fsp3) is 0.815. The van der Waals surface area contributed by atoms with E-state index in [2.05, 4.69) is 6.58 Å². The lowest BCUT2D eigenvalue weighted by atomic mass is 9.82. The first-order valence-electron chi connectivity index (χ1n) is 13.0. The predicted octanol–water partition coefficient (Wildman–Crippen LogP) is 5.30. The first-order chi connectivity index (χ1) is 16.2. The van der Waals surface area contributed by atoms with Gasteiger partial charge in [-0.25, -0.2) is 4.79 Å². The van der Waals surface area contributed by atoms with Crippen molar-refractivity contribution in [3.05, 3.63) is 12.7 Å². The summed E-state index contributed by atoms with van der Waals surface area (Å²) in [5.74, 6) is -0.828. The highest BCUT2D eigenvalue weighted by molar-refractivity contribution is 5.81. The molecule has 0 heterocycles. The van der Waals surface area contributed by atoms with Crippen LogP contribution in [0, 0.1) is 11.8 Å². The minimum atomic E-state index is -0.473. The maximum absolute atomic E-state index is 12.6. The van der Waals surface area contributed by atoms with Crippen LogP contribution in [0.3, 0.4) is 0 Å². The van der Waals surface area contributed by atoms with Gasteiger partial charge >= 0.3 is 17.9 Å². The second-order valence-electron chi connectivity index (χ2n) is 10.6. The van der Waals surface area contributed by atoms with Gasteiger partial charge in [-0.3, -0.25) is 9.59 Å². The molecular weight excluding hydrogens is 436 g/mol. The highest BCUT2D eigenvalue weighted by Gasteiger charge is 2.34. The molecule has 0 radical (unpaired) electrons. The number of esters is 3. The van der Waals surface area contributed by atoms with E-state index >= 15 is 0 Å². The zero-order valence-corrected chi connectivity index (χ0v) is 21.4. The van der Waals surface area contributed by atoms with Gasteiger partial charge in [-0.1, -0.05) is 13.0 Å². The zero-order chi connectivity index (χ0) is 25.0. The van der Waals surface area contributed by atoms with E-state index in [1.54, 1.807) is 0 Å². The fourth-order valence-electron chi connectivity index (χ4n) is 4.57. The van der Waals surface area contributed by atoms with Gasteiger partial charge in [-0.15, -0.1) is 0 Å². The molecule has 34 heavy (non-hydrogen) atoms. The maximum atomic E-state index is 12.6. The van der Waals surface area contributed by atoms with Crippen molar-refractivity contribution in [3.63, 3.8) is 0 Å². The van der Waals surface area contributed by atoms with Crippen molar-refractivity contribution in [2.75, 3.05) is 13.2 Å². The van der Waals surface area contributed by atoms with Gasteiger partial charge in [0.15, 0.2) is 0 Å². The number of hydrogen-bond acceptors (Lipinski definition) is 7. The van der Waals surface area contributed by atoms with Gasteiger partial charge in [0.05, 0.1) is 24.5 Å². The lowest BCUT2D eigenvalue weighted by Gasteiger charge is -2.32. The van der Waals surface area contributed by atoms with Crippen molar-refractivity contribution in [2.45, 2.75) is 116 Å². The van der Waals surface area contributed by atoms with Crippen LogP contribution in [0.15, 0.2) is 12.7 Å². The molecule has 0 aliphatic heterocycles. The number of carbonyl (C=O) groups is 3. The summed E-state index contributed by atoms with van der Waals surface area (Å²) in [5, 5.41) is 0. The number of ether oxygens (including phenoxy) is 4. The summed E-state index contributed by atoms with van der Waals surface area (Å²) < 4.78 is 22.3. The largest absolute Gasteiger partial charge is 0.463 e. The van der Waals surface area contributed by atoms with Crippen molar-refractivity contribution in [3.8, 4) is 0 Å². The van der Waals surface area contributed by atoms with Crippen LogP contribution in [0.4, 0.5) is 0 Å². The molecule has 0 aromatic heterocycles. The van der Waals surface area contributed by atoms with Gasteiger partial charge in [0, 0.05) is 12.7 Å². The highest BCUT2D eigenvalue weighted by Crippen LogP contribution is 2.33. The zero-order valence-electron chi connectivity index (χ0n) is 21.4. The predicted molar refractivity (Wildman–Crippen MR) is 129 cm³/mol. The van der Waals surface area contributed by atoms with Gasteiger partial charge < -0.3 is 18.9 Å². The second-order valence-corrected chi connectivity index (χ2v) is 10.6. The summed E-state index contributed by atoms with van der Waals surface area (Å²) >= 11 is 0. The van der Waals surface area contributed by atoms with Crippen molar-refractivity contribution < 1.29 is 33.3 Å². The first-order valence-corrected chi connectivity index (χ1v) is 13.0. The van der Waals surface area contributed by atoms with E-state index in [1.165, 1.54) is 6.08 Å². The Balaban J connectivity index is 1.52. The van der Waals surface area contributed by atoms with Crippen LogP contribution >= 0.6 is 0 Å². The summed E-state index contributed by atoms with van der Waals surface area (Å²) in [4.78, 5) is 35.8. The van der Waals surface area contributed by atoms with Gasteiger partial charge in [-0.05, 0) is 91.4 Å². The van der Waals surface area contributed by atoms with Gasteiger partial charge in [0.1, 0.15) is 11.7 Å². The Bertz CT molecular complexity index is 650. The summed E-state index contributed by atoms with van der Waals surface area (Å²) in [6.45, 7) is 10.2. The third-order valence-corrected chi connectivity index (χ3v) is 6.51. The Morgan fingerprint density at radius 2 is 1.29 bits per heavy atom. The number of carbonyl (C=O) groups excluding carboxylic acids is 3. The van der Waals surface area contributed by atoms with Crippen LogP contribution in [-0.2, 0) is 33.3 Å². The van der Waals surface area contributed by atoms with Crippen LogP contribution in [0.1, 0.15) is 97.8 Å². The molecule has 0 spiro atoms. The molecule has 7 heteroatoms. The van der Waals surface area contributed by atoms with E-state index in [0.717, 1.165) is 58.0 Å². The van der Waals surface area contributed by atoms with Crippen LogP contribution in [0.5, 0.6) is 0 Å². The van der Waals surface area contributed by atoms with Crippen LogP contribution in [0.25, 0.3) is 0 Å². The molecule has 0 aromatic carbocycles. The average molecular weight is 481 g/mol. The van der Waals surface area contributed by atoms with Gasteiger partial charge in [0.25, 0.3) is 0 Å². The molecule has 7 nitrogen and oxygen atoms in total. The standard InChI is InChI=1S/C27H44O7/c1-5-24(28)32-19-9-7-6-8-18-31-22-14-16-23(17-15-22)33-25(29)20-10-12-21(13-11-20)26(30)34-27(2,3)4/h5,20-23H,1,6-19H2,2-4H3. The first kappa shape index (κ1) is 28.3. The summed E-state index contributed by atoms with van der Waals surface area (Å²) in [6, 6.07) is 0. The molecule has 0 bridgehead atoms. The third kappa shape index (κ3) is 11.0. The monoisotopic (exact) mass is 480 g/mol. The van der Waals surface area contributed by atoms with Crippen molar-refractivity contribution in [1.29, 1.82) is 0 Å². The summed E-state index contributed by atoms with van der Waals surface area (Å²) in [6.07, 6.45) is 11.6. The van der Waals surface area contributed by atoms with Crippen molar-refractivity contribution in [2.24, 2.45) is 11.8 Å². The molecule has 2 saturated carbocycles. The van der Waals surface area contributed by atoms with E-state index in [1.807, 2.05) is 20.8 Å². The smallest absolute Gasteiger partial charge is 0.330 e.